The molecule has 2 aliphatic heterocycles. The molecule has 308 valence electrons. The Labute approximate surface area is 319 Å². The van der Waals surface area contributed by atoms with E-state index in [9.17, 15) is 36.4 Å². The number of alkyl halides is 6. The lowest BCUT2D eigenvalue weighted by atomic mass is 9.89. The van der Waals surface area contributed by atoms with Crippen molar-refractivity contribution < 1.29 is 55.7 Å². The monoisotopic (exact) mass is 800 g/mol. The number of carboxylic acid groups (broad SMARTS) is 2. The summed E-state index contributed by atoms with van der Waals surface area (Å²) in [7, 11) is 0. The number of nitrogens with one attached hydrogen (secondary N) is 2. The van der Waals surface area contributed by atoms with Gasteiger partial charge in [0, 0.05) is 74.1 Å². The number of rotatable bonds is 9. The highest BCUT2D eigenvalue weighted by molar-refractivity contribution is 5.85. The zero-order valence-corrected chi connectivity index (χ0v) is 31.5. The largest absolute Gasteiger partial charge is 0.492 e. The SMILES string of the molecule is CCOc1cc(-c2ccc(N3CCC(C(=O)NCC(C)C)CC3CN3CCNC(C)(C)C3)nc2)c2c(C#N)cnn2c1.O=C(O)C(F)(F)F.O=C(O)C(F)(F)F. The minimum absolute atomic E-state index is 0.000978. The molecule has 0 spiro atoms. The first kappa shape index (κ1) is 45.2. The number of halogens is 6. The van der Waals surface area contributed by atoms with Crippen LogP contribution >= 0.6 is 0 Å². The van der Waals surface area contributed by atoms with Crippen LogP contribution in [0.3, 0.4) is 0 Å². The summed E-state index contributed by atoms with van der Waals surface area (Å²) in [5.41, 5.74) is 3.06. The van der Waals surface area contributed by atoms with E-state index in [2.05, 4.69) is 71.4 Å². The summed E-state index contributed by atoms with van der Waals surface area (Å²) < 4.78 is 71.0. The first-order valence-electron chi connectivity index (χ1n) is 17.7. The van der Waals surface area contributed by atoms with Crippen molar-refractivity contribution >= 4 is 29.2 Å². The number of nitrogens with zero attached hydrogens (tertiary/aromatic N) is 6. The number of carbonyl (C=O) groups is 3. The van der Waals surface area contributed by atoms with Gasteiger partial charge in [-0.2, -0.15) is 36.7 Å². The standard InChI is InChI=1S/C32H44N8O2.2C2HF3O2/c1-6-42-27-14-28(30-25(15-33)18-37-40(30)20-27)24-7-8-29(34-17-24)39-11-9-23(31(41)35-16-22(2)3)13-26(39)19-38-12-10-36-32(4,5)21-38;2*3-2(4,5)1(6)7/h7-8,14,17-18,20,22-23,26,36H,6,9-13,16,19,21H2,1-5H3,(H,35,41);2*(H,6,7). The third kappa shape index (κ3) is 13.0. The van der Waals surface area contributed by atoms with Crippen molar-refractivity contribution in [2.24, 2.45) is 11.8 Å². The number of hydrogen-bond acceptors (Lipinski definition) is 10. The van der Waals surface area contributed by atoms with Gasteiger partial charge in [-0.25, -0.2) is 19.1 Å². The van der Waals surface area contributed by atoms with Crippen LogP contribution in [0, 0.1) is 23.2 Å². The molecule has 5 heterocycles. The molecule has 2 unspecified atom stereocenters. The van der Waals surface area contributed by atoms with Gasteiger partial charge in [0.05, 0.1) is 30.1 Å². The fourth-order valence-corrected chi connectivity index (χ4v) is 6.27. The highest BCUT2D eigenvalue weighted by atomic mass is 19.4. The van der Waals surface area contributed by atoms with Gasteiger partial charge in [0.25, 0.3) is 0 Å². The van der Waals surface area contributed by atoms with E-state index in [-0.39, 0.29) is 23.4 Å². The number of aromatic nitrogens is 3. The summed E-state index contributed by atoms with van der Waals surface area (Å²) in [6.45, 7) is 16.5. The van der Waals surface area contributed by atoms with Crippen LogP contribution in [-0.4, -0.2) is 117 Å². The van der Waals surface area contributed by atoms with Gasteiger partial charge in [0.2, 0.25) is 5.91 Å². The fraction of sp³-hybridized carbons (Fsp3) is 0.556. The minimum Gasteiger partial charge on any atom is -0.492 e. The predicted octanol–water partition coefficient (Wildman–Crippen LogP) is 4.97. The topological polar surface area (TPSA) is 185 Å². The molecule has 0 aliphatic carbocycles. The molecule has 2 fully saturated rings. The van der Waals surface area contributed by atoms with Crippen molar-refractivity contribution in [2.75, 3.05) is 50.8 Å². The number of nitriles is 1. The second kappa shape index (κ2) is 19.1. The van der Waals surface area contributed by atoms with Gasteiger partial charge in [0.15, 0.2) is 0 Å². The normalized spacial score (nSPS) is 18.5. The lowest BCUT2D eigenvalue weighted by Crippen LogP contribution is -2.60. The van der Waals surface area contributed by atoms with Crippen LogP contribution in [0.1, 0.15) is 53.0 Å². The molecule has 2 saturated heterocycles. The lowest BCUT2D eigenvalue weighted by molar-refractivity contribution is -0.193. The van der Waals surface area contributed by atoms with E-state index in [1.54, 1.807) is 16.9 Å². The van der Waals surface area contributed by atoms with Crippen LogP contribution in [0.15, 0.2) is 36.8 Å². The summed E-state index contributed by atoms with van der Waals surface area (Å²) in [5.74, 6) is -3.32. The van der Waals surface area contributed by atoms with E-state index in [0.717, 1.165) is 68.0 Å². The molecule has 0 saturated carbocycles. The van der Waals surface area contributed by atoms with E-state index in [1.165, 1.54) is 0 Å². The van der Waals surface area contributed by atoms with E-state index in [0.29, 0.717) is 30.4 Å². The van der Waals surface area contributed by atoms with Crippen molar-refractivity contribution in [1.29, 1.82) is 5.26 Å². The first-order valence-corrected chi connectivity index (χ1v) is 17.7. The Kier molecular flexibility index (Phi) is 15.4. The molecule has 4 N–H and O–H groups in total. The third-order valence-corrected chi connectivity index (χ3v) is 8.75. The number of carboxylic acids is 2. The highest BCUT2D eigenvalue weighted by Gasteiger charge is 2.39. The Morgan fingerprint density at radius 2 is 1.73 bits per heavy atom. The van der Waals surface area contributed by atoms with Crippen LogP contribution in [0.2, 0.25) is 0 Å². The zero-order chi connectivity index (χ0) is 42.0. The molecule has 1 amide bonds. The third-order valence-electron chi connectivity index (χ3n) is 8.75. The van der Waals surface area contributed by atoms with E-state index < -0.39 is 24.3 Å². The molecule has 0 aromatic carbocycles. The Morgan fingerprint density at radius 1 is 1.09 bits per heavy atom. The van der Waals surface area contributed by atoms with Crippen LogP contribution in [0.25, 0.3) is 16.6 Å². The molecule has 0 radical (unpaired) electrons. The van der Waals surface area contributed by atoms with Gasteiger partial charge < -0.3 is 30.5 Å². The molecule has 0 bridgehead atoms. The summed E-state index contributed by atoms with van der Waals surface area (Å²) in [6.07, 6.45) is -3.30. The number of ether oxygens (including phenoxy) is 1. The molecular weight excluding hydrogens is 754 g/mol. The van der Waals surface area contributed by atoms with Crippen molar-refractivity contribution in [3.63, 3.8) is 0 Å². The van der Waals surface area contributed by atoms with E-state index in [4.69, 9.17) is 29.5 Å². The van der Waals surface area contributed by atoms with E-state index in [1.807, 2.05) is 19.2 Å². The number of carbonyl (C=O) groups excluding carboxylic acids is 1. The number of fused-ring (bicyclic) bond motifs is 1. The molecule has 5 rings (SSSR count). The van der Waals surface area contributed by atoms with Crippen molar-refractivity contribution in [3.8, 4) is 22.9 Å². The smallest absolute Gasteiger partial charge is 0.490 e. The van der Waals surface area contributed by atoms with Gasteiger partial charge in [-0.05, 0) is 57.7 Å². The van der Waals surface area contributed by atoms with Gasteiger partial charge >= 0.3 is 24.3 Å². The van der Waals surface area contributed by atoms with Crippen molar-refractivity contribution in [1.82, 2.24) is 30.1 Å². The quantitative estimate of drug-likeness (QED) is 0.213. The van der Waals surface area contributed by atoms with Crippen molar-refractivity contribution in [2.45, 2.75) is 71.4 Å². The first-order chi connectivity index (χ1) is 26.1. The van der Waals surface area contributed by atoms with Gasteiger partial charge in [-0.3, -0.25) is 9.69 Å². The number of aliphatic carboxylic acids is 2. The van der Waals surface area contributed by atoms with Crippen molar-refractivity contribution in [3.05, 3.63) is 42.4 Å². The Bertz CT molecular complexity index is 1820. The molecule has 2 aliphatic rings. The average molecular weight is 801 g/mol. The van der Waals surface area contributed by atoms with Crippen LogP contribution in [0.5, 0.6) is 5.75 Å². The number of pyridine rings is 2. The number of amides is 1. The number of hydrogen-bond donors (Lipinski definition) is 4. The summed E-state index contributed by atoms with van der Waals surface area (Å²) in [4.78, 5) is 40.7. The Balaban J connectivity index is 0.000000512. The van der Waals surface area contributed by atoms with Crippen LogP contribution in [-0.2, 0) is 14.4 Å². The van der Waals surface area contributed by atoms with Crippen LogP contribution in [0.4, 0.5) is 32.2 Å². The maximum Gasteiger partial charge on any atom is 0.490 e. The molecule has 3 aromatic rings. The number of anilines is 1. The molecule has 3 aromatic heterocycles. The maximum absolute atomic E-state index is 13.1. The molecular formula is C36H46F6N8O6. The highest BCUT2D eigenvalue weighted by Crippen LogP contribution is 2.33. The Hall–Kier alpha value is -5.16. The Morgan fingerprint density at radius 3 is 2.25 bits per heavy atom. The molecule has 2 atom stereocenters. The summed E-state index contributed by atoms with van der Waals surface area (Å²) in [6, 6.07) is 8.51. The lowest BCUT2D eigenvalue weighted by Gasteiger charge is -2.45. The molecule has 56 heavy (non-hydrogen) atoms. The van der Waals surface area contributed by atoms with Gasteiger partial charge in [0.1, 0.15) is 17.6 Å². The molecule has 14 nitrogen and oxygen atoms in total. The summed E-state index contributed by atoms with van der Waals surface area (Å²) >= 11 is 0. The fourth-order valence-electron chi connectivity index (χ4n) is 6.27. The average Bonchev–Trinajstić information content (AvgIpc) is 3.53. The minimum atomic E-state index is -5.08. The van der Waals surface area contributed by atoms with Gasteiger partial charge in [-0.15, -0.1) is 0 Å². The number of piperazine rings is 1. The molecule has 20 heteroatoms. The predicted molar refractivity (Wildman–Crippen MR) is 192 cm³/mol. The second-order valence-electron chi connectivity index (χ2n) is 14.2. The maximum atomic E-state index is 13.1. The number of piperidine rings is 1. The second-order valence-corrected chi connectivity index (χ2v) is 14.2. The zero-order valence-electron chi connectivity index (χ0n) is 31.5. The van der Waals surface area contributed by atoms with Crippen LogP contribution < -0.4 is 20.3 Å². The van der Waals surface area contributed by atoms with E-state index >= 15 is 0 Å². The summed E-state index contributed by atoms with van der Waals surface area (Å²) in [5, 5.41) is 35.1. The van der Waals surface area contributed by atoms with Gasteiger partial charge in [-0.1, -0.05) is 13.8 Å².